The first kappa shape index (κ1) is 13.1. The minimum atomic E-state index is -0.323. The molecule has 0 fully saturated rings. The topological polar surface area (TPSA) is 40.7 Å². The van der Waals surface area contributed by atoms with Gasteiger partial charge in [-0.1, -0.05) is 24.6 Å². The van der Waals surface area contributed by atoms with Crippen molar-refractivity contribution < 1.29 is 4.39 Å². The molecule has 0 aliphatic heterocycles. The highest BCUT2D eigenvalue weighted by Crippen LogP contribution is 2.19. The SMILES string of the molecule is CCNCc1cnc(Cc2ccc(F)cc2Cl)[nH]1. The maximum absolute atomic E-state index is 12.9. The molecule has 0 atom stereocenters. The second kappa shape index (κ2) is 5.98. The lowest BCUT2D eigenvalue weighted by Gasteiger charge is -2.02. The first-order valence-corrected chi connectivity index (χ1v) is 6.24. The summed E-state index contributed by atoms with van der Waals surface area (Å²) in [4.78, 5) is 7.49. The van der Waals surface area contributed by atoms with Crippen LogP contribution in [0.1, 0.15) is 24.0 Å². The third-order valence-electron chi connectivity index (χ3n) is 2.62. The Morgan fingerprint density at radius 2 is 2.28 bits per heavy atom. The van der Waals surface area contributed by atoms with Gasteiger partial charge in [0.25, 0.3) is 0 Å². The van der Waals surface area contributed by atoms with Crippen LogP contribution in [0.5, 0.6) is 0 Å². The summed E-state index contributed by atoms with van der Waals surface area (Å²) in [5.74, 6) is 0.507. The molecule has 2 aromatic rings. The van der Waals surface area contributed by atoms with Crippen LogP contribution in [-0.2, 0) is 13.0 Å². The molecule has 0 bridgehead atoms. The zero-order valence-electron chi connectivity index (χ0n) is 10.1. The van der Waals surface area contributed by atoms with Gasteiger partial charge in [-0.2, -0.15) is 0 Å². The summed E-state index contributed by atoms with van der Waals surface area (Å²) in [5, 5.41) is 3.64. The van der Waals surface area contributed by atoms with Crippen molar-refractivity contribution in [1.82, 2.24) is 15.3 Å². The molecule has 0 saturated heterocycles. The molecule has 0 aliphatic carbocycles. The van der Waals surface area contributed by atoms with Crippen molar-refractivity contribution in [2.45, 2.75) is 19.9 Å². The van der Waals surface area contributed by atoms with Gasteiger partial charge in [-0.25, -0.2) is 9.37 Å². The van der Waals surface area contributed by atoms with Crippen molar-refractivity contribution in [3.63, 3.8) is 0 Å². The quantitative estimate of drug-likeness (QED) is 0.875. The van der Waals surface area contributed by atoms with E-state index in [0.717, 1.165) is 30.2 Å². The monoisotopic (exact) mass is 267 g/mol. The molecule has 2 N–H and O–H groups in total. The molecule has 1 aromatic heterocycles. The number of nitrogens with zero attached hydrogens (tertiary/aromatic N) is 1. The average Bonchev–Trinajstić information content (AvgIpc) is 2.78. The van der Waals surface area contributed by atoms with Crippen LogP contribution in [0.3, 0.4) is 0 Å². The Bertz CT molecular complexity index is 525. The number of aromatic nitrogens is 2. The average molecular weight is 268 g/mol. The summed E-state index contributed by atoms with van der Waals surface area (Å²) in [5.41, 5.74) is 1.90. The van der Waals surface area contributed by atoms with E-state index in [1.807, 2.05) is 0 Å². The fourth-order valence-electron chi connectivity index (χ4n) is 1.69. The molecule has 0 saturated carbocycles. The molecule has 1 aromatic carbocycles. The number of imidazole rings is 1. The molecule has 0 unspecified atom stereocenters. The Labute approximate surface area is 110 Å². The van der Waals surface area contributed by atoms with Crippen LogP contribution >= 0.6 is 11.6 Å². The van der Waals surface area contributed by atoms with E-state index in [1.165, 1.54) is 12.1 Å². The third-order valence-corrected chi connectivity index (χ3v) is 2.97. The van der Waals surface area contributed by atoms with Crippen LogP contribution in [0, 0.1) is 5.82 Å². The van der Waals surface area contributed by atoms with Crippen molar-refractivity contribution in [3.8, 4) is 0 Å². The van der Waals surface area contributed by atoms with Gasteiger partial charge in [-0.15, -0.1) is 0 Å². The number of H-pyrrole nitrogens is 1. The molecule has 1 heterocycles. The standard InChI is InChI=1S/C13H15ClFN3/c1-2-16-7-11-8-17-13(18-11)5-9-3-4-10(15)6-12(9)14/h3-4,6,8,16H,2,5,7H2,1H3,(H,17,18). The summed E-state index contributed by atoms with van der Waals surface area (Å²) < 4.78 is 12.9. The highest BCUT2D eigenvalue weighted by molar-refractivity contribution is 6.31. The maximum Gasteiger partial charge on any atom is 0.124 e. The van der Waals surface area contributed by atoms with Gasteiger partial charge in [0.1, 0.15) is 11.6 Å². The van der Waals surface area contributed by atoms with Gasteiger partial charge in [0.15, 0.2) is 0 Å². The zero-order valence-corrected chi connectivity index (χ0v) is 10.9. The predicted octanol–water partition coefficient (Wildman–Crippen LogP) is 2.90. The third kappa shape index (κ3) is 3.31. The van der Waals surface area contributed by atoms with Gasteiger partial charge >= 0.3 is 0 Å². The molecule has 0 radical (unpaired) electrons. The molecule has 3 nitrogen and oxygen atoms in total. The molecular weight excluding hydrogens is 253 g/mol. The van der Waals surface area contributed by atoms with Gasteiger partial charge in [-0.05, 0) is 24.2 Å². The van der Waals surface area contributed by atoms with E-state index in [9.17, 15) is 4.39 Å². The van der Waals surface area contributed by atoms with Crippen molar-refractivity contribution in [2.24, 2.45) is 0 Å². The van der Waals surface area contributed by atoms with E-state index < -0.39 is 0 Å². The van der Waals surface area contributed by atoms with E-state index >= 15 is 0 Å². The van der Waals surface area contributed by atoms with Gasteiger partial charge < -0.3 is 10.3 Å². The maximum atomic E-state index is 12.9. The van der Waals surface area contributed by atoms with Crippen LogP contribution in [0.25, 0.3) is 0 Å². The molecule has 96 valence electrons. The van der Waals surface area contributed by atoms with Crippen LogP contribution < -0.4 is 5.32 Å². The number of hydrogen-bond acceptors (Lipinski definition) is 2. The molecule has 0 amide bonds. The normalized spacial score (nSPS) is 10.8. The Kier molecular flexibility index (Phi) is 4.33. The first-order valence-electron chi connectivity index (χ1n) is 5.86. The van der Waals surface area contributed by atoms with Crippen LogP contribution in [0.15, 0.2) is 24.4 Å². The number of benzene rings is 1. The lowest BCUT2D eigenvalue weighted by atomic mass is 10.1. The Morgan fingerprint density at radius 1 is 1.44 bits per heavy atom. The van der Waals surface area contributed by atoms with Crippen molar-refractivity contribution in [3.05, 3.63) is 52.3 Å². The van der Waals surface area contributed by atoms with Gasteiger partial charge in [0, 0.05) is 29.9 Å². The van der Waals surface area contributed by atoms with Crippen LogP contribution in [-0.4, -0.2) is 16.5 Å². The highest BCUT2D eigenvalue weighted by atomic mass is 35.5. The van der Waals surface area contributed by atoms with E-state index in [0.29, 0.717) is 11.4 Å². The molecule has 5 heteroatoms. The van der Waals surface area contributed by atoms with E-state index in [1.54, 1.807) is 12.3 Å². The number of halogens is 2. The predicted molar refractivity (Wildman–Crippen MR) is 70.2 cm³/mol. The fourth-order valence-corrected chi connectivity index (χ4v) is 1.92. The van der Waals surface area contributed by atoms with E-state index in [2.05, 4.69) is 22.2 Å². The largest absolute Gasteiger partial charge is 0.345 e. The molecule has 18 heavy (non-hydrogen) atoms. The van der Waals surface area contributed by atoms with Crippen molar-refractivity contribution in [2.75, 3.05) is 6.54 Å². The minimum absolute atomic E-state index is 0.323. The summed E-state index contributed by atoms with van der Waals surface area (Å²) in [6.45, 7) is 3.73. The minimum Gasteiger partial charge on any atom is -0.345 e. The number of nitrogens with one attached hydrogen (secondary N) is 2. The number of rotatable bonds is 5. The molecule has 0 aliphatic rings. The van der Waals surface area contributed by atoms with Gasteiger partial charge in [0.05, 0.1) is 0 Å². The fraction of sp³-hybridized carbons (Fsp3) is 0.308. The van der Waals surface area contributed by atoms with Crippen molar-refractivity contribution in [1.29, 1.82) is 0 Å². The zero-order chi connectivity index (χ0) is 13.0. The summed E-state index contributed by atoms with van der Waals surface area (Å²) >= 11 is 5.98. The van der Waals surface area contributed by atoms with E-state index in [-0.39, 0.29) is 5.82 Å². The lowest BCUT2D eigenvalue weighted by molar-refractivity contribution is 0.627. The Balaban J connectivity index is 2.06. The Morgan fingerprint density at radius 3 is 3.00 bits per heavy atom. The lowest BCUT2D eigenvalue weighted by Crippen LogP contribution is -2.11. The van der Waals surface area contributed by atoms with Gasteiger partial charge in [0.2, 0.25) is 0 Å². The molecule has 2 rings (SSSR count). The first-order chi connectivity index (χ1) is 8.69. The Hall–Kier alpha value is -1.39. The number of aromatic amines is 1. The second-order valence-corrected chi connectivity index (χ2v) is 4.46. The van der Waals surface area contributed by atoms with Crippen LogP contribution in [0.4, 0.5) is 4.39 Å². The summed E-state index contributed by atoms with van der Waals surface area (Å²) in [6, 6.07) is 4.41. The summed E-state index contributed by atoms with van der Waals surface area (Å²) in [6.07, 6.45) is 2.38. The molecular formula is C13H15ClFN3. The number of hydrogen-bond donors (Lipinski definition) is 2. The van der Waals surface area contributed by atoms with Crippen LogP contribution in [0.2, 0.25) is 5.02 Å². The van der Waals surface area contributed by atoms with E-state index in [4.69, 9.17) is 11.6 Å². The second-order valence-electron chi connectivity index (χ2n) is 4.05. The smallest absolute Gasteiger partial charge is 0.124 e. The molecule has 0 spiro atoms. The highest BCUT2D eigenvalue weighted by Gasteiger charge is 2.06. The van der Waals surface area contributed by atoms with Gasteiger partial charge in [-0.3, -0.25) is 0 Å². The van der Waals surface area contributed by atoms with Crippen molar-refractivity contribution >= 4 is 11.6 Å². The summed E-state index contributed by atoms with van der Waals surface area (Å²) in [7, 11) is 0.